The topological polar surface area (TPSA) is 40.4 Å². The van der Waals surface area contributed by atoms with Gasteiger partial charge in [0.05, 0.1) is 12.5 Å². The molecule has 0 spiro atoms. The van der Waals surface area contributed by atoms with Crippen molar-refractivity contribution in [2.24, 2.45) is 5.92 Å². The highest BCUT2D eigenvalue weighted by molar-refractivity contribution is 6.06. The molecule has 0 aromatic rings. The van der Waals surface area contributed by atoms with Crippen molar-refractivity contribution in [2.75, 3.05) is 6.61 Å². The first-order chi connectivity index (χ1) is 11.3. The second-order valence-corrected chi connectivity index (χ2v) is 5.71. The van der Waals surface area contributed by atoms with E-state index in [0.717, 1.165) is 6.08 Å². The van der Waals surface area contributed by atoms with E-state index in [4.69, 9.17) is 11.2 Å². The first-order valence-corrected chi connectivity index (χ1v) is 7.62. The molecule has 0 aliphatic heterocycles. The van der Waals surface area contributed by atoms with Gasteiger partial charge in [-0.15, -0.1) is 12.5 Å². The molecule has 0 saturated heterocycles. The van der Waals surface area contributed by atoms with Crippen LogP contribution in [0.4, 0.5) is 17.6 Å². The number of terminal acetylenes is 1. The van der Waals surface area contributed by atoms with Crippen LogP contribution in [0.25, 0.3) is 5.32 Å². The fraction of sp³-hybridized carbons (Fsp3) is 0.529. The SMILES string of the molecule is C#CCOC1[CH+]C=C(C(=O)[N-]C2CCCCC2C(F)(F)F)C=C1F. The third-order valence-corrected chi connectivity index (χ3v) is 4.04. The molecule has 2 aliphatic carbocycles. The molecule has 130 valence electrons. The quantitative estimate of drug-likeness (QED) is 0.439. The molecule has 1 saturated carbocycles. The lowest BCUT2D eigenvalue weighted by Gasteiger charge is -2.41. The summed E-state index contributed by atoms with van der Waals surface area (Å²) in [6.07, 6.45) is 4.35. The molecule has 2 rings (SSSR count). The van der Waals surface area contributed by atoms with E-state index >= 15 is 0 Å². The summed E-state index contributed by atoms with van der Waals surface area (Å²) in [5.41, 5.74) is -0.0976. The molecule has 0 radical (unpaired) electrons. The Labute approximate surface area is 138 Å². The van der Waals surface area contributed by atoms with Crippen LogP contribution in [0.1, 0.15) is 25.7 Å². The number of carbonyl (C=O) groups excluding carboxylic acids is 1. The standard InChI is InChI=1S/C17H17F4NO2/c1-2-9-24-15-8-7-11(10-13(15)18)16(23)22-14-6-4-3-5-12(14)17(19,20)21/h1,7-8,10,12,14-15H,3-6,9H2. The number of nitrogens with zero attached hydrogens (tertiary/aromatic N) is 1. The second-order valence-electron chi connectivity index (χ2n) is 5.71. The van der Waals surface area contributed by atoms with E-state index in [-0.39, 0.29) is 25.0 Å². The van der Waals surface area contributed by atoms with Gasteiger partial charge in [0.25, 0.3) is 0 Å². The molecule has 24 heavy (non-hydrogen) atoms. The number of ether oxygens (including phenoxy) is 1. The van der Waals surface area contributed by atoms with Crippen molar-refractivity contribution in [3.63, 3.8) is 0 Å². The molecule has 0 N–H and O–H groups in total. The van der Waals surface area contributed by atoms with Gasteiger partial charge in [0.1, 0.15) is 18.3 Å². The largest absolute Gasteiger partial charge is 0.627 e. The monoisotopic (exact) mass is 343 g/mol. The van der Waals surface area contributed by atoms with E-state index in [1.807, 2.05) is 0 Å². The molecule has 3 unspecified atom stereocenters. The molecule has 1 fully saturated rings. The van der Waals surface area contributed by atoms with Gasteiger partial charge in [-0.25, -0.2) is 4.39 Å². The molecular weight excluding hydrogens is 326 g/mol. The number of rotatable bonds is 4. The van der Waals surface area contributed by atoms with Crippen molar-refractivity contribution in [1.29, 1.82) is 0 Å². The number of alkyl halides is 3. The van der Waals surface area contributed by atoms with E-state index in [2.05, 4.69) is 11.2 Å². The fourth-order valence-corrected chi connectivity index (χ4v) is 2.84. The van der Waals surface area contributed by atoms with Crippen LogP contribution in [0.2, 0.25) is 0 Å². The Morgan fingerprint density at radius 1 is 1.42 bits per heavy atom. The van der Waals surface area contributed by atoms with Crippen LogP contribution in [-0.2, 0) is 9.53 Å². The van der Waals surface area contributed by atoms with Gasteiger partial charge in [0, 0.05) is 5.92 Å². The Balaban J connectivity index is 2.00. The maximum atomic E-state index is 13.8. The van der Waals surface area contributed by atoms with Crippen LogP contribution >= 0.6 is 0 Å². The summed E-state index contributed by atoms with van der Waals surface area (Å²) < 4.78 is 57.9. The van der Waals surface area contributed by atoms with Gasteiger partial charge in [-0.05, 0) is 6.42 Å². The average Bonchev–Trinajstić information content (AvgIpc) is 2.53. The van der Waals surface area contributed by atoms with Gasteiger partial charge < -0.3 is 10.1 Å². The zero-order valence-electron chi connectivity index (χ0n) is 12.9. The molecule has 0 bridgehead atoms. The third-order valence-electron chi connectivity index (χ3n) is 4.04. The normalized spacial score (nSPS) is 27.4. The van der Waals surface area contributed by atoms with Gasteiger partial charge in [-0.1, -0.05) is 25.2 Å². The van der Waals surface area contributed by atoms with E-state index in [1.54, 1.807) is 0 Å². The van der Waals surface area contributed by atoms with Crippen LogP contribution < -0.4 is 0 Å². The smallest absolute Gasteiger partial charge is 0.390 e. The van der Waals surface area contributed by atoms with Crippen LogP contribution in [0.5, 0.6) is 0 Å². The van der Waals surface area contributed by atoms with E-state index in [1.165, 1.54) is 12.5 Å². The number of halogens is 4. The molecule has 0 aromatic carbocycles. The highest BCUT2D eigenvalue weighted by Crippen LogP contribution is 2.41. The van der Waals surface area contributed by atoms with Crippen molar-refractivity contribution in [1.82, 2.24) is 0 Å². The average molecular weight is 343 g/mol. The highest BCUT2D eigenvalue weighted by Gasteiger charge is 2.42. The van der Waals surface area contributed by atoms with E-state index < -0.39 is 36.0 Å². The maximum Gasteiger partial charge on any atom is 0.390 e. The van der Waals surface area contributed by atoms with Crippen molar-refractivity contribution in [3.05, 3.63) is 35.3 Å². The fourth-order valence-electron chi connectivity index (χ4n) is 2.84. The summed E-state index contributed by atoms with van der Waals surface area (Å²) in [6, 6.07) is -1.11. The molecule has 7 heteroatoms. The van der Waals surface area contributed by atoms with Crippen LogP contribution in [-0.4, -0.2) is 30.8 Å². The highest BCUT2D eigenvalue weighted by atomic mass is 19.4. The summed E-state index contributed by atoms with van der Waals surface area (Å²) >= 11 is 0. The number of hydrogen-bond acceptors (Lipinski definition) is 2. The van der Waals surface area contributed by atoms with Gasteiger partial charge >= 0.3 is 6.18 Å². The van der Waals surface area contributed by atoms with Gasteiger partial charge in [-0.3, -0.25) is 4.79 Å². The Hall–Kier alpha value is -1.94. The Morgan fingerprint density at radius 3 is 2.75 bits per heavy atom. The summed E-state index contributed by atoms with van der Waals surface area (Å²) in [6.45, 7) is -0.0980. The third kappa shape index (κ3) is 4.54. The van der Waals surface area contributed by atoms with Crippen molar-refractivity contribution < 1.29 is 27.1 Å². The summed E-state index contributed by atoms with van der Waals surface area (Å²) in [7, 11) is 0. The Bertz CT molecular complexity index is 574. The number of amides is 1. The van der Waals surface area contributed by atoms with Crippen LogP contribution in [0, 0.1) is 24.7 Å². The molecule has 3 atom stereocenters. The van der Waals surface area contributed by atoms with Gasteiger partial charge in [0.2, 0.25) is 0 Å². The molecule has 1 amide bonds. The first kappa shape index (κ1) is 18.4. The molecular formula is C17H17F4NO2. The number of hydrogen-bond donors (Lipinski definition) is 0. The Morgan fingerprint density at radius 2 is 2.12 bits per heavy atom. The van der Waals surface area contributed by atoms with E-state index in [9.17, 15) is 22.4 Å². The van der Waals surface area contributed by atoms with Gasteiger partial charge in [-0.2, -0.15) is 13.2 Å². The summed E-state index contributed by atoms with van der Waals surface area (Å²) in [5.74, 6) is -1.01. The minimum atomic E-state index is -4.39. The molecule has 2 aliphatic rings. The van der Waals surface area contributed by atoms with E-state index in [0.29, 0.717) is 12.8 Å². The Kier molecular flexibility index (Phi) is 5.94. The predicted molar refractivity (Wildman–Crippen MR) is 80.3 cm³/mol. The van der Waals surface area contributed by atoms with Crippen LogP contribution in [0.3, 0.4) is 0 Å². The maximum absolute atomic E-state index is 13.8. The molecule has 3 nitrogen and oxygen atoms in total. The first-order valence-electron chi connectivity index (χ1n) is 7.62. The lowest BCUT2D eigenvalue weighted by molar-refractivity contribution is -0.183. The minimum absolute atomic E-state index is 0.0394. The van der Waals surface area contributed by atoms with Crippen molar-refractivity contribution >= 4 is 5.91 Å². The second kappa shape index (κ2) is 7.75. The predicted octanol–water partition coefficient (Wildman–Crippen LogP) is 4.02. The number of carbonyl (C=O) groups is 1. The lowest BCUT2D eigenvalue weighted by atomic mass is 9.83. The molecule has 0 heterocycles. The van der Waals surface area contributed by atoms with Crippen molar-refractivity contribution in [2.45, 2.75) is 44.0 Å². The summed E-state index contributed by atoms with van der Waals surface area (Å²) in [4.78, 5) is 12.1. The molecule has 0 aromatic heterocycles. The van der Waals surface area contributed by atoms with Crippen LogP contribution in [0.15, 0.2) is 23.6 Å². The summed E-state index contributed by atoms with van der Waals surface area (Å²) in [5, 5.41) is 3.70. The van der Waals surface area contributed by atoms with Gasteiger partial charge in [0.15, 0.2) is 17.8 Å². The zero-order chi connectivity index (χ0) is 17.7. The van der Waals surface area contributed by atoms with Crippen molar-refractivity contribution in [3.8, 4) is 12.3 Å². The minimum Gasteiger partial charge on any atom is -0.627 e. The zero-order valence-corrected chi connectivity index (χ0v) is 12.9. The lowest BCUT2D eigenvalue weighted by Crippen LogP contribution is -2.37.